The van der Waals surface area contributed by atoms with Gasteiger partial charge in [-0.3, -0.25) is 0 Å². The fraction of sp³-hybridized carbons (Fsp3) is 0.375. The maximum atomic E-state index is 11.0. The van der Waals surface area contributed by atoms with Crippen LogP contribution in [0.4, 0.5) is 0 Å². The van der Waals surface area contributed by atoms with Gasteiger partial charge in [-0.25, -0.2) is 0 Å². The molecule has 0 N–H and O–H groups in total. The molecule has 0 radical (unpaired) electrons. The summed E-state index contributed by atoms with van der Waals surface area (Å²) in [5, 5.41) is 32.0. The van der Waals surface area contributed by atoms with E-state index in [9.17, 15) is 10.5 Å². The van der Waals surface area contributed by atoms with Crippen molar-refractivity contribution in [2.75, 3.05) is 0 Å². The maximum absolute atomic E-state index is 11.0. The highest BCUT2D eigenvalue weighted by atomic mass is 16.3. The monoisotopic (exact) mass is 671 g/mol. The Hall–Kier alpha value is -5.06. The van der Waals surface area contributed by atoms with E-state index in [-0.39, 0.29) is 0 Å². The molecule has 4 unspecified atom stereocenters. The zero-order chi connectivity index (χ0) is 33.7. The van der Waals surface area contributed by atoms with Crippen LogP contribution in [-0.4, -0.2) is 4.40 Å². The van der Waals surface area contributed by atoms with E-state index >= 15 is 0 Å². The lowest BCUT2D eigenvalue weighted by Crippen LogP contribution is -2.25. The van der Waals surface area contributed by atoms with E-state index in [1.54, 1.807) is 0 Å². The van der Waals surface area contributed by atoms with Gasteiger partial charge >= 0.3 is 0 Å². The predicted molar refractivity (Wildman–Crippen MR) is 206 cm³/mol. The molecule has 8 aliphatic carbocycles. The number of nitriles is 2. The van der Waals surface area contributed by atoms with Gasteiger partial charge in [0.1, 0.15) is 11.2 Å². The molecular weight excluding hydrogens is 635 g/mol. The van der Waals surface area contributed by atoms with E-state index in [4.69, 9.17) is 4.42 Å². The van der Waals surface area contributed by atoms with Crippen LogP contribution < -0.4 is 0 Å². The Bertz CT molecular complexity index is 3040. The lowest BCUT2D eigenvalue weighted by atomic mass is 9.67. The molecule has 8 aliphatic rings. The average Bonchev–Trinajstić information content (AvgIpc) is 3.52. The third-order valence-corrected chi connectivity index (χ3v) is 15.8. The first-order chi connectivity index (χ1) is 25.6. The molecule has 4 atom stereocenters. The van der Waals surface area contributed by atoms with Crippen LogP contribution >= 0.6 is 0 Å². The molecule has 4 heteroatoms. The summed E-state index contributed by atoms with van der Waals surface area (Å²) in [6.07, 6.45) is 12.6. The molecular formula is C48H37N3O. The Kier molecular flexibility index (Phi) is 4.83. The van der Waals surface area contributed by atoms with Gasteiger partial charge in [0.05, 0.1) is 45.2 Å². The number of fused-ring (bicyclic) bond motifs is 9. The minimum absolute atomic E-state index is 0.458. The van der Waals surface area contributed by atoms with Gasteiger partial charge in [0.15, 0.2) is 0 Å². The molecule has 8 bridgehead atoms. The van der Waals surface area contributed by atoms with Crippen molar-refractivity contribution in [2.24, 2.45) is 23.7 Å². The Morgan fingerprint density at radius 2 is 1.06 bits per heavy atom. The summed E-state index contributed by atoms with van der Waals surface area (Å²) >= 11 is 0. The molecule has 16 rings (SSSR count). The van der Waals surface area contributed by atoms with Crippen molar-refractivity contribution in [3.63, 3.8) is 0 Å². The van der Waals surface area contributed by atoms with E-state index in [0.717, 1.165) is 57.0 Å². The van der Waals surface area contributed by atoms with Gasteiger partial charge in [-0.15, -0.1) is 0 Å². The van der Waals surface area contributed by atoms with Crippen LogP contribution in [0.15, 0.2) is 59.0 Å². The largest absolute Gasteiger partial charge is 0.455 e. The first-order valence-corrected chi connectivity index (χ1v) is 20.1. The lowest BCUT2D eigenvalue weighted by molar-refractivity contribution is 0.166. The number of nitrogens with zero attached hydrogens (tertiary/aromatic N) is 3. The number of aromatic nitrogens is 1. The topological polar surface area (TPSA) is 65.1 Å². The van der Waals surface area contributed by atoms with Crippen LogP contribution in [0.2, 0.25) is 0 Å². The van der Waals surface area contributed by atoms with E-state index in [2.05, 4.69) is 71.1 Å². The summed E-state index contributed by atoms with van der Waals surface area (Å²) in [6.45, 7) is 0. The molecule has 52 heavy (non-hydrogen) atoms. The van der Waals surface area contributed by atoms with Gasteiger partial charge < -0.3 is 8.82 Å². The summed E-state index contributed by atoms with van der Waals surface area (Å²) in [4.78, 5) is 0. The Morgan fingerprint density at radius 3 is 1.65 bits per heavy atom. The highest BCUT2D eigenvalue weighted by molar-refractivity contribution is 6.35. The summed E-state index contributed by atoms with van der Waals surface area (Å²) in [5.74, 6) is 4.93. The summed E-state index contributed by atoms with van der Waals surface area (Å²) in [5.41, 5.74) is 12.9. The first-order valence-electron chi connectivity index (χ1n) is 20.1. The summed E-state index contributed by atoms with van der Waals surface area (Å²) < 4.78 is 9.73. The number of benzene rings is 5. The second kappa shape index (κ2) is 9.11. The molecule has 0 amide bonds. The predicted octanol–water partition coefficient (Wildman–Crippen LogP) is 12.4. The van der Waals surface area contributed by atoms with Crippen molar-refractivity contribution in [1.82, 2.24) is 4.40 Å². The van der Waals surface area contributed by atoms with E-state index < -0.39 is 0 Å². The van der Waals surface area contributed by atoms with E-state index in [1.165, 1.54) is 135 Å². The smallest absolute Gasteiger partial charge is 0.145 e. The van der Waals surface area contributed by atoms with Crippen LogP contribution in [0.1, 0.15) is 121 Å². The van der Waals surface area contributed by atoms with Gasteiger partial charge in [0, 0.05) is 26.9 Å². The molecule has 3 heterocycles. The third-order valence-electron chi connectivity index (χ3n) is 15.8. The fourth-order valence-electron chi connectivity index (χ4n) is 14.6. The molecule has 4 nitrogen and oxygen atoms in total. The molecule has 0 aliphatic heterocycles. The second-order valence-electron chi connectivity index (χ2n) is 18.2. The van der Waals surface area contributed by atoms with Gasteiger partial charge in [0.25, 0.3) is 0 Å². The standard InChI is InChI=1S/C48H37N3O/c49-20-31-17-36-44(42-29-13-22-7-23(14-29)10-27(9-22)39(31)42)35-19-34-33-5-1-3-26-4-2-6-38(41(26)33)52-48(34)46-45-37(51(36)47(35)46)18-32(21-50)40-28-11-24-8-25(12-28)16-30(15-24)43(40)45/h1-6,17-19,22-25,27-30H,7-16H2. The molecule has 3 aromatic heterocycles. The van der Waals surface area contributed by atoms with Crippen LogP contribution in [0.3, 0.4) is 0 Å². The van der Waals surface area contributed by atoms with Crippen LogP contribution in [0.25, 0.3) is 70.8 Å². The van der Waals surface area contributed by atoms with Gasteiger partial charge in [0.2, 0.25) is 0 Å². The average molecular weight is 672 g/mol. The van der Waals surface area contributed by atoms with Crippen molar-refractivity contribution in [1.29, 1.82) is 10.5 Å². The van der Waals surface area contributed by atoms with Gasteiger partial charge in [-0.05, 0) is 169 Å². The quantitative estimate of drug-likeness (QED) is 0.119. The molecule has 0 saturated heterocycles. The Balaban J connectivity index is 1.27. The summed E-state index contributed by atoms with van der Waals surface area (Å²) in [7, 11) is 0. The van der Waals surface area contributed by atoms with Crippen molar-refractivity contribution in [3.05, 3.63) is 88.0 Å². The van der Waals surface area contributed by atoms with Crippen molar-refractivity contribution < 1.29 is 4.42 Å². The zero-order valence-electron chi connectivity index (χ0n) is 29.1. The normalized spacial score (nSPS) is 29.9. The number of rotatable bonds is 0. The molecule has 4 fully saturated rings. The summed E-state index contributed by atoms with van der Waals surface area (Å²) in [6, 6.07) is 25.7. The van der Waals surface area contributed by atoms with Crippen molar-refractivity contribution in [2.45, 2.75) is 87.9 Å². The van der Waals surface area contributed by atoms with E-state index in [0.29, 0.717) is 23.7 Å². The molecule has 4 saturated carbocycles. The van der Waals surface area contributed by atoms with E-state index in [1.807, 2.05) is 0 Å². The number of hydrogen-bond acceptors (Lipinski definition) is 3. The zero-order valence-corrected chi connectivity index (χ0v) is 29.1. The molecule has 8 aromatic rings. The second-order valence-corrected chi connectivity index (χ2v) is 18.2. The number of hydrogen-bond donors (Lipinski definition) is 0. The first kappa shape index (κ1) is 27.6. The molecule has 5 aromatic carbocycles. The SMILES string of the molecule is N#Cc1cc2c(c3c1C1CC4CC(C1)CC3C4)c1cc3c4cccc5cccc(oc3c3c6c7c(c(C#N)cc6n2c13)C1CC2CC(C1)CC7C2)c54. The Labute approximate surface area is 300 Å². The van der Waals surface area contributed by atoms with Crippen molar-refractivity contribution in [3.8, 4) is 12.1 Å². The minimum Gasteiger partial charge on any atom is -0.455 e. The van der Waals surface area contributed by atoms with Crippen LogP contribution in [0, 0.1) is 46.3 Å². The lowest BCUT2D eigenvalue weighted by Gasteiger charge is -2.38. The Morgan fingerprint density at radius 1 is 0.519 bits per heavy atom. The van der Waals surface area contributed by atoms with Crippen LogP contribution in [-0.2, 0) is 0 Å². The van der Waals surface area contributed by atoms with Gasteiger partial charge in [-0.2, -0.15) is 10.5 Å². The van der Waals surface area contributed by atoms with Gasteiger partial charge in [-0.1, -0.05) is 30.3 Å². The van der Waals surface area contributed by atoms with Crippen LogP contribution in [0.5, 0.6) is 0 Å². The fourth-order valence-corrected chi connectivity index (χ4v) is 14.6. The highest BCUT2D eigenvalue weighted by Crippen LogP contribution is 2.62. The maximum Gasteiger partial charge on any atom is 0.145 e. The highest BCUT2D eigenvalue weighted by Gasteiger charge is 2.47. The third kappa shape index (κ3) is 3.11. The minimum atomic E-state index is 0.458. The molecule has 0 spiro atoms. The molecule has 250 valence electrons. The van der Waals surface area contributed by atoms with Crippen molar-refractivity contribution >= 4 is 70.8 Å².